The molecule has 1 atom stereocenters. The van der Waals surface area contributed by atoms with Crippen molar-refractivity contribution < 1.29 is 9.90 Å². The molecular weight excluding hydrogens is 358 g/mol. The van der Waals surface area contributed by atoms with Crippen LogP contribution in [0.5, 0.6) is 0 Å². The van der Waals surface area contributed by atoms with Crippen LogP contribution in [-0.2, 0) is 11.3 Å². The number of hydrogen-bond acceptors (Lipinski definition) is 3. The molecule has 1 amide bonds. The fourth-order valence-corrected chi connectivity index (χ4v) is 4.48. The standard InChI is InChI=1S/C18H23BCl2N2O2/c19-18(25)23(11-13-14(20)7-4-8-15(13)21)16-9-10-22(17(16)24)12-5-2-1-3-6-12/h4,7-8,12,16,19,25H,1-3,5-6,9-11H2. The first-order valence-corrected chi connectivity index (χ1v) is 9.62. The Morgan fingerprint density at radius 1 is 1.20 bits per heavy atom. The molecule has 1 aliphatic heterocycles. The molecule has 0 spiro atoms. The van der Waals surface area contributed by atoms with Crippen LogP contribution >= 0.6 is 23.2 Å². The number of likely N-dealkylation sites (tertiary alicyclic amines) is 1. The monoisotopic (exact) mass is 380 g/mol. The molecule has 1 saturated heterocycles. The number of carbonyl (C=O) groups excluding carboxylic acids is 1. The second kappa shape index (κ2) is 8.00. The summed E-state index contributed by atoms with van der Waals surface area (Å²) in [6, 6.07) is 5.21. The van der Waals surface area contributed by atoms with Gasteiger partial charge in [0.1, 0.15) is 0 Å². The summed E-state index contributed by atoms with van der Waals surface area (Å²) in [6.45, 7) is 0.997. The van der Waals surface area contributed by atoms with Gasteiger partial charge < -0.3 is 0 Å². The van der Waals surface area contributed by atoms with Crippen molar-refractivity contribution in [3.05, 3.63) is 33.8 Å². The Bertz CT molecular complexity index is 644. The van der Waals surface area contributed by atoms with Crippen LogP contribution in [0.15, 0.2) is 18.2 Å². The minimum absolute atomic E-state index is 0.0743. The van der Waals surface area contributed by atoms with Crippen molar-refractivity contribution in [1.82, 2.24) is 9.80 Å². The average molecular weight is 381 g/mol. The van der Waals surface area contributed by atoms with Gasteiger partial charge in [0.2, 0.25) is 0 Å². The summed E-state index contributed by atoms with van der Waals surface area (Å²) >= 11 is 12.5. The van der Waals surface area contributed by atoms with Crippen LogP contribution < -0.4 is 0 Å². The zero-order chi connectivity index (χ0) is 18.0. The van der Waals surface area contributed by atoms with Gasteiger partial charge in [0.05, 0.1) is 0 Å². The summed E-state index contributed by atoms with van der Waals surface area (Å²) in [5.41, 5.74) is 0.699. The number of nitrogens with zero attached hydrogens (tertiary/aromatic N) is 2. The van der Waals surface area contributed by atoms with E-state index in [1.165, 1.54) is 19.3 Å². The van der Waals surface area contributed by atoms with E-state index in [0.29, 0.717) is 28.1 Å². The van der Waals surface area contributed by atoms with E-state index >= 15 is 0 Å². The third kappa shape index (κ3) is 3.98. The molecule has 1 aliphatic carbocycles. The summed E-state index contributed by atoms with van der Waals surface area (Å²) in [4.78, 5) is 16.6. The van der Waals surface area contributed by atoms with Gasteiger partial charge in [-0.25, -0.2) is 0 Å². The summed E-state index contributed by atoms with van der Waals surface area (Å²) in [6.07, 6.45) is 6.46. The topological polar surface area (TPSA) is 43.8 Å². The number of aliphatic hydroxyl groups is 1. The Hall–Kier alpha value is -1.20. The Morgan fingerprint density at radius 3 is 2.44 bits per heavy atom. The maximum absolute atomic E-state index is 13.0. The van der Waals surface area contributed by atoms with Gasteiger partial charge in [-0.1, -0.05) is 0 Å². The summed E-state index contributed by atoms with van der Waals surface area (Å²) in [5, 5.41) is 11.1. The maximum atomic E-state index is 13.0. The van der Waals surface area contributed by atoms with Crippen molar-refractivity contribution in [1.29, 1.82) is 0 Å². The van der Waals surface area contributed by atoms with Gasteiger partial charge in [-0.2, -0.15) is 0 Å². The minimum atomic E-state index is -0.410. The number of halogens is 2. The van der Waals surface area contributed by atoms with E-state index in [0.717, 1.165) is 19.4 Å². The van der Waals surface area contributed by atoms with Crippen molar-refractivity contribution >= 4 is 42.4 Å². The molecule has 4 nitrogen and oxygen atoms in total. The zero-order valence-electron chi connectivity index (χ0n) is 14.3. The van der Waals surface area contributed by atoms with Crippen molar-refractivity contribution in [2.75, 3.05) is 6.54 Å². The Labute approximate surface area is 159 Å². The van der Waals surface area contributed by atoms with Gasteiger partial charge in [-0.15, -0.1) is 0 Å². The van der Waals surface area contributed by atoms with Crippen LogP contribution in [0.1, 0.15) is 44.1 Å². The van der Waals surface area contributed by atoms with Gasteiger partial charge in [-0.05, 0) is 0 Å². The number of rotatable bonds is 5. The van der Waals surface area contributed by atoms with E-state index < -0.39 is 6.04 Å². The van der Waals surface area contributed by atoms with Crippen molar-refractivity contribution in [3.8, 4) is 0 Å². The number of amides is 1. The summed E-state index contributed by atoms with van der Waals surface area (Å²) < 4.78 is 0. The van der Waals surface area contributed by atoms with Crippen LogP contribution in [0, 0.1) is 0 Å². The predicted molar refractivity (Wildman–Crippen MR) is 103 cm³/mol. The number of hydrogen-bond donors (Lipinski definition) is 1. The van der Waals surface area contributed by atoms with E-state index in [4.69, 9.17) is 23.2 Å². The molecule has 7 heteroatoms. The molecule has 2 aliphatic rings. The average Bonchev–Trinajstić information content (AvgIpc) is 2.96. The summed E-state index contributed by atoms with van der Waals surface area (Å²) in [7, 11) is 3.65. The zero-order valence-corrected chi connectivity index (χ0v) is 15.8. The first-order valence-electron chi connectivity index (χ1n) is 8.87. The van der Waals surface area contributed by atoms with Crippen LogP contribution in [-0.4, -0.2) is 52.7 Å². The van der Waals surface area contributed by atoms with Crippen molar-refractivity contribution in [3.63, 3.8) is 0 Å². The van der Waals surface area contributed by atoms with E-state index in [-0.39, 0.29) is 18.2 Å². The first-order chi connectivity index (χ1) is 12.0. The van der Waals surface area contributed by atoms with Crippen LogP contribution in [0.25, 0.3) is 0 Å². The molecule has 1 N–H and O–H groups in total. The molecular formula is C18H23BCl2N2O2. The third-order valence-electron chi connectivity index (χ3n) is 5.32. The summed E-state index contributed by atoms with van der Waals surface area (Å²) in [5.74, 6) is -0.0508. The number of benzene rings is 1. The molecule has 1 aromatic carbocycles. The molecule has 0 bridgehead atoms. The fraction of sp³-hybridized carbons (Fsp3) is 0.556. The normalized spacial score (nSPS) is 21.6. The van der Waals surface area contributed by atoms with Crippen molar-refractivity contribution in [2.24, 2.45) is 0 Å². The molecule has 0 radical (unpaired) electrons. The Kier molecular flexibility index (Phi) is 5.95. The van der Waals surface area contributed by atoms with Gasteiger partial charge >= 0.3 is 160 Å². The molecule has 25 heavy (non-hydrogen) atoms. The molecule has 0 aromatic heterocycles. The van der Waals surface area contributed by atoms with Gasteiger partial charge in [0.15, 0.2) is 0 Å². The van der Waals surface area contributed by atoms with Crippen LogP contribution in [0.3, 0.4) is 0 Å². The van der Waals surface area contributed by atoms with Crippen molar-refractivity contribution in [2.45, 2.75) is 57.2 Å². The predicted octanol–water partition coefficient (Wildman–Crippen LogP) is 3.09. The molecule has 1 saturated carbocycles. The SMILES string of the molecule is B=C(O)N(Cc1c(Cl)cccc1Cl)C1CCN(C2CCCCC2)C1=O. The number of carbonyl (C=O) groups is 1. The molecule has 1 unspecified atom stereocenters. The Balaban J connectivity index is 1.77. The van der Waals surface area contributed by atoms with E-state index in [1.54, 1.807) is 23.1 Å². The van der Waals surface area contributed by atoms with E-state index in [2.05, 4.69) is 7.49 Å². The van der Waals surface area contributed by atoms with Gasteiger partial charge in [-0.3, -0.25) is 0 Å². The molecule has 1 aromatic rings. The third-order valence-corrected chi connectivity index (χ3v) is 6.03. The quantitative estimate of drug-likeness (QED) is 0.798. The second-order valence-electron chi connectivity index (χ2n) is 6.87. The van der Waals surface area contributed by atoms with E-state index in [1.807, 2.05) is 4.90 Å². The first kappa shape index (κ1) is 18.6. The molecule has 134 valence electrons. The fourth-order valence-electron chi connectivity index (χ4n) is 3.97. The van der Waals surface area contributed by atoms with Crippen LogP contribution in [0.4, 0.5) is 0 Å². The second-order valence-corrected chi connectivity index (χ2v) is 7.69. The molecule has 1 heterocycles. The number of aliphatic hydroxyl groups excluding tert-OH is 1. The van der Waals surface area contributed by atoms with Crippen LogP contribution in [0.2, 0.25) is 10.0 Å². The Morgan fingerprint density at radius 2 is 1.84 bits per heavy atom. The van der Waals surface area contributed by atoms with Gasteiger partial charge in [0, 0.05) is 0 Å². The molecule has 3 rings (SSSR count). The molecule has 2 fully saturated rings. The van der Waals surface area contributed by atoms with E-state index in [9.17, 15) is 9.90 Å². The van der Waals surface area contributed by atoms with Gasteiger partial charge in [0.25, 0.3) is 0 Å².